The highest BCUT2D eigenvalue weighted by atomic mass is 32.2. The van der Waals surface area contributed by atoms with Gasteiger partial charge in [-0.15, -0.1) is 0 Å². The molecule has 4 heteroatoms. The number of aliphatic imine (C=N–C) groups is 1. The first-order chi connectivity index (χ1) is 10.2. The lowest BCUT2D eigenvalue weighted by atomic mass is 10.0. The third-order valence-electron chi connectivity index (χ3n) is 3.88. The van der Waals surface area contributed by atoms with Crippen molar-refractivity contribution in [1.29, 1.82) is 0 Å². The highest BCUT2D eigenvalue weighted by Gasteiger charge is 2.11. The molecule has 3 nitrogen and oxygen atoms in total. The molecule has 1 fully saturated rings. The Morgan fingerprint density at radius 3 is 2.52 bits per heavy atom. The number of benzene rings is 1. The van der Waals surface area contributed by atoms with Gasteiger partial charge in [-0.1, -0.05) is 38.1 Å². The SMILES string of the molecule is CC(C)c1ccc(CCCN=C(N)N2CCSCC2)cc1. The van der Waals surface area contributed by atoms with Crippen LogP contribution in [0.15, 0.2) is 29.3 Å². The van der Waals surface area contributed by atoms with Crippen LogP contribution in [0.5, 0.6) is 0 Å². The van der Waals surface area contributed by atoms with E-state index in [9.17, 15) is 0 Å². The van der Waals surface area contributed by atoms with E-state index in [-0.39, 0.29) is 0 Å². The van der Waals surface area contributed by atoms with Crippen molar-refractivity contribution in [2.24, 2.45) is 10.7 Å². The van der Waals surface area contributed by atoms with E-state index in [0.717, 1.165) is 38.4 Å². The minimum atomic E-state index is 0.603. The second-order valence-corrected chi connectivity index (χ2v) is 7.06. The summed E-state index contributed by atoms with van der Waals surface area (Å²) in [5.74, 6) is 3.66. The van der Waals surface area contributed by atoms with E-state index in [2.05, 4.69) is 48.0 Å². The second-order valence-electron chi connectivity index (χ2n) is 5.84. The van der Waals surface area contributed by atoms with Crippen molar-refractivity contribution < 1.29 is 0 Å². The average molecular weight is 305 g/mol. The second kappa shape index (κ2) is 8.32. The average Bonchev–Trinajstić information content (AvgIpc) is 2.52. The van der Waals surface area contributed by atoms with Crippen LogP contribution in [0.3, 0.4) is 0 Å². The first kappa shape index (κ1) is 16.2. The summed E-state index contributed by atoms with van der Waals surface area (Å²) in [7, 11) is 0. The molecule has 0 radical (unpaired) electrons. The van der Waals surface area contributed by atoms with Gasteiger partial charge in [0.1, 0.15) is 0 Å². The third-order valence-corrected chi connectivity index (χ3v) is 4.82. The molecule has 1 aromatic rings. The summed E-state index contributed by atoms with van der Waals surface area (Å²) in [6.07, 6.45) is 2.13. The van der Waals surface area contributed by atoms with Gasteiger partial charge >= 0.3 is 0 Å². The lowest BCUT2D eigenvalue weighted by Crippen LogP contribution is -2.42. The topological polar surface area (TPSA) is 41.6 Å². The van der Waals surface area contributed by atoms with Crippen LogP contribution in [-0.2, 0) is 6.42 Å². The summed E-state index contributed by atoms with van der Waals surface area (Å²) in [4.78, 5) is 6.72. The number of rotatable bonds is 5. The lowest BCUT2D eigenvalue weighted by Gasteiger charge is -2.27. The van der Waals surface area contributed by atoms with E-state index in [1.165, 1.54) is 22.6 Å². The molecule has 0 amide bonds. The summed E-state index contributed by atoms with van der Waals surface area (Å²) in [5.41, 5.74) is 8.85. The molecule has 1 aliphatic heterocycles. The van der Waals surface area contributed by atoms with Gasteiger partial charge in [0.2, 0.25) is 0 Å². The molecule has 21 heavy (non-hydrogen) atoms. The zero-order valence-corrected chi connectivity index (χ0v) is 14.0. The zero-order valence-electron chi connectivity index (χ0n) is 13.2. The fourth-order valence-electron chi connectivity index (χ4n) is 2.44. The van der Waals surface area contributed by atoms with Gasteiger partial charge in [-0.25, -0.2) is 0 Å². The maximum atomic E-state index is 6.05. The van der Waals surface area contributed by atoms with Crippen molar-refractivity contribution in [1.82, 2.24) is 4.90 Å². The molecule has 0 unspecified atom stereocenters. The molecule has 1 saturated heterocycles. The molecule has 2 N–H and O–H groups in total. The van der Waals surface area contributed by atoms with Gasteiger partial charge in [0.15, 0.2) is 5.96 Å². The van der Waals surface area contributed by atoms with E-state index in [1.807, 2.05) is 11.8 Å². The largest absolute Gasteiger partial charge is 0.370 e. The first-order valence-electron chi connectivity index (χ1n) is 7.88. The number of hydrogen-bond donors (Lipinski definition) is 1. The monoisotopic (exact) mass is 305 g/mol. The Hall–Kier alpha value is -1.16. The molecule has 1 aliphatic rings. The van der Waals surface area contributed by atoms with Gasteiger partial charge in [-0.05, 0) is 29.9 Å². The number of guanidine groups is 1. The summed E-state index contributed by atoms with van der Waals surface area (Å²) in [5, 5.41) is 0. The molecule has 0 bridgehead atoms. The molecule has 116 valence electrons. The van der Waals surface area contributed by atoms with Gasteiger partial charge in [0.25, 0.3) is 0 Å². The van der Waals surface area contributed by atoms with Crippen LogP contribution in [0.4, 0.5) is 0 Å². The van der Waals surface area contributed by atoms with Crippen molar-refractivity contribution in [2.45, 2.75) is 32.6 Å². The Morgan fingerprint density at radius 1 is 1.24 bits per heavy atom. The Balaban J connectivity index is 1.73. The molecule has 0 aromatic heterocycles. The summed E-state index contributed by atoms with van der Waals surface area (Å²) < 4.78 is 0. The molecular weight excluding hydrogens is 278 g/mol. The predicted octanol–water partition coefficient (Wildman–Crippen LogP) is 3.11. The number of hydrogen-bond acceptors (Lipinski definition) is 2. The van der Waals surface area contributed by atoms with Crippen LogP contribution in [0, 0.1) is 0 Å². The molecule has 1 heterocycles. The molecule has 1 aromatic carbocycles. The summed E-state index contributed by atoms with van der Waals surface area (Å²) in [6.45, 7) is 7.35. The quantitative estimate of drug-likeness (QED) is 0.516. The Bertz CT molecular complexity index is 448. The molecular formula is C17H27N3S. The van der Waals surface area contributed by atoms with E-state index in [4.69, 9.17) is 5.73 Å². The molecule has 0 atom stereocenters. The highest BCUT2D eigenvalue weighted by molar-refractivity contribution is 7.99. The van der Waals surface area contributed by atoms with Crippen molar-refractivity contribution >= 4 is 17.7 Å². The van der Waals surface area contributed by atoms with Crippen molar-refractivity contribution in [2.75, 3.05) is 31.1 Å². The Morgan fingerprint density at radius 2 is 1.90 bits per heavy atom. The molecule has 0 spiro atoms. The Kier molecular flexibility index (Phi) is 6.43. The van der Waals surface area contributed by atoms with Crippen LogP contribution >= 0.6 is 11.8 Å². The number of nitrogens with two attached hydrogens (primary N) is 1. The summed E-state index contributed by atoms with van der Waals surface area (Å²) in [6, 6.07) is 8.96. The first-order valence-corrected chi connectivity index (χ1v) is 9.03. The third kappa shape index (κ3) is 5.27. The Labute approximate surface area is 133 Å². The maximum Gasteiger partial charge on any atom is 0.191 e. The fourth-order valence-corrected chi connectivity index (χ4v) is 3.34. The lowest BCUT2D eigenvalue weighted by molar-refractivity contribution is 0.455. The number of aryl methyl sites for hydroxylation is 1. The van der Waals surface area contributed by atoms with Crippen LogP contribution in [0.2, 0.25) is 0 Å². The van der Waals surface area contributed by atoms with Crippen molar-refractivity contribution in [3.63, 3.8) is 0 Å². The predicted molar refractivity (Wildman–Crippen MR) is 94.2 cm³/mol. The van der Waals surface area contributed by atoms with Crippen LogP contribution in [-0.4, -0.2) is 42.0 Å². The van der Waals surface area contributed by atoms with Crippen LogP contribution < -0.4 is 5.73 Å². The minimum Gasteiger partial charge on any atom is -0.370 e. The zero-order chi connectivity index (χ0) is 15.1. The van der Waals surface area contributed by atoms with Gasteiger partial charge in [0, 0.05) is 31.1 Å². The van der Waals surface area contributed by atoms with Crippen molar-refractivity contribution in [3.05, 3.63) is 35.4 Å². The summed E-state index contributed by atoms with van der Waals surface area (Å²) >= 11 is 1.99. The van der Waals surface area contributed by atoms with Gasteiger partial charge < -0.3 is 10.6 Å². The van der Waals surface area contributed by atoms with E-state index in [0.29, 0.717) is 5.92 Å². The molecule has 0 aliphatic carbocycles. The van der Waals surface area contributed by atoms with Crippen LogP contribution in [0.25, 0.3) is 0 Å². The van der Waals surface area contributed by atoms with Crippen molar-refractivity contribution in [3.8, 4) is 0 Å². The van der Waals surface area contributed by atoms with Gasteiger partial charge in [-0.3, -0.25) is 4.99 Å². The minimum absolute atomic E-state index is 0.603. The van der Waals surface area contributed by atoms with E-state index >= 15 is 0 Å². The van der Waals surface area contributed by atoms with Gasteiger partial charge in [-0.2, -0.15) is 11.8 Å². The van der Waals surface area contributed by atoms with E-state index in [1.54, 1.807) is 0 Å². The molecule has 0 saturated carbocycles. The standard InChI is InChI=1S/C17H27N3S/c1-14(2)16-7-5-15(6-8-16)4-3-9-19-17(18)20-10-12-21-13-11-20/h5-8,14H,3-4,9-13H2,1-2H3,(H2,18,19). The smallest absolute Gasteiger partial charge is 0.191 e. The molecule has 2 rings (SSSR count). The number of thioether (sulfide) groups is 1. The fraction of sp³-hybridized carbons (Fsp3) is 0.588. The number of nitrogens with zero attached hydrogens (tertiary/aromatic N) is 2. The van der Waals surface area contributed by atoms with Crippen LogP contribution in [0.1, 0.15) is 37.3 Å². The van der Waals surface area contributed by atoms with E-state index < -0.39 is 0 Å². The highest BCUT2D eigenvalue weighted by Crippen LogP contribution is 2.15. The maximum absolute atomic E-state index is 6.05. The normalized spacial score (nSPS) is 16.5. The van der Waals surface area contributed by atoms with Gasteiger partial charge in [0.05, 0.1) is 0 Å².